The molecule has 120 valence electrons. The van der Waals surface area contributed by atoms with Crippen LogP contribution < -0.4 is 5.73 Å². The molecule has 1 aromatic carbocycles. The summed E-state index contributed by atoms with van der Waals surface area (Å²) in [5, 5.41) is 0. The van der Waals surface area contributed by atoms with Crippen LogP contribution in [0.2, 0.25) is 0 Å². The highest BCUT2D eigenvalue weighted by molar-refractivity contribution is 9.13. The molecule has 0 saturated carbocycles. The second kappa shape index (κ2) is 9.95. The highest BCUT2D eigenvalue weighted by atomic mass is 79.9. The minimum Gasteiger partial charge on any atom is -0.383 e. The minimum absolute atomic E-state index is 0.217. The van der Waals surface area contributed by atoms with Crippen molar-refractivity contribution >= 4 is 31.9 Å². The third-order valence-electron chi connectivity index (χ3n) is 3.92. The van der Waals surface area contributed by atoms with Gasteiger partial charge in [-0.2, -0.15) is 0 Å². The standard InChI is InChI=1S/C16H26Br2N2O/c1-4-13(5-2)20(8-9-21-3)16(11-19)12-6-7-14(17)15(18)10-12/h6-7,10,13,16H,4-5,8-9,11,19H2,1-3H3. The first-order valence-corrected chi connectivity index (χ1v) is 9.07. The Bertz CT molecular complexity index is 425. The molecule has 1 unspecified atom stereocenters. The lowest BCUT2D eigenvalue weighted by Gasteiger charge is -2.37. The number of benzene rings is 1. The maximum Gasteiger partial charge on any atom is 0.0590 e. The van der Waals surface area contributed by atoms with Gasteiger partial charge in [-0.25, -0.2) is 0 Å². The van der Waals surface area contributed by atoms with Crippen LogP contribution in [0.4, 0.5) is 0 Å². The zero-order chi connectivity index (χ0) is 15.8. The average molecular weight is 422 g/mol. The van der Waals surface area contributed by atoms with Crippen molar-refractivity contribution in [2.24, 2.45) is 5.73 Å². The van der Waals surface area contributed by atoms with Gasteiger partial charge < -0.3 is 10.5 Å². The zero-order valence-corrected chi connectivity index (χ0v) is 16.3. The molecule has 1 aromatic rings. The van der Waals surface area contributed by atoms with Crippen LogP contribution in [-0.2, 0) is 4.74 Å². The Labute approximate surface area is 145 Å². The summed E-state index contributed by atoms with van der Waals surface area (Å²) in [5.74, 6) is 0. The predicted molar refractivity (Wildman–Crippen MR) is 96.6 cm³/mol. The molecule has 3 nitrogen and oxygen atoms in total. The van der Waals surface area contributed by atoms with Crippen LogP contribution in [0.3, 0.4) is 0 Å². The van der Waals surface area contributed by atoms with E-state index in [0.29, 0.717) is 12.6 Å². The van der Waals surface area contributed by atoms with Crippen molar-refractivity contribution in [3.05, 3.63) is 32.7 Å². The van der Waals surface area contributed by atoms with Gasteiger partial charge in [-0.3, -0.25) is 4.90 Å². The summed E-state index contributed by atoms with van der Waals surface area (Å²) in [7, 11) is 1.75. The van der Waals surface area contributed by atoms with E-state index in [2.05, 4.69) is 68.8 Å². The van der Waals surface area contributed by atoms with E-state index in [1.807, 2.05) is 0 Å². The highest BCUT2D eigenvalue weighted by Gasteiger charge is 2.24. The van der Waals surface area contributed by atoms with E-state index < -0.39 is 0 Å². The van der Waals surface area contributed by atoms with Gasteiger partial charge >= 0.3 is 0 Å². The molecule has 2 N–H and O–H groups in total. The first-order chi connectivity index (χ1) is 10.1. The summed E-state index contributed by atoms with van der Waals surface area (Å²) >= 11 is 7.11. The monoisotopic (exact) mass is 420 g/mol. The van der Waals surface area contributed by atoms with Gasteiger partial charge in [0.25, 0.3) is 0 Å². The second-order valence-corrected chi connectivity index (χ2v) is 6.83. The molecule has 21 heavy (non-hydrogen) atoms. The summed E-state index contributed by atoms with van der Waals surface area (Å²) in [6.07, 6.45) is 2.24. The van der Waals surface area contributed by atoms with E-state index in [1.165, 1.54) is 5.56 Å². The summed E-state index contributed by atoms with van der Waals surface area (Å²) < 4.78 is 7.41. The Morgan fingerprint density at radius 2 is 1.86 bits per heavy atom. The molecule has 5 heteroatoms. The van der Waals surface area contributed by atoms with Crippen molar-refractivity contribution in [2.75, 3.05) is 26.8 Å². The van der Waals surface area contributed by atoms with Gasteiger partial charge in [0.1, 0.15) is 0 Å². The summed E-state index contributed by atoms with van der Waals surface area (Å²) in [5.41, 5.74) is 7.35. The summed E-state index contributed by atoms with van der Waals surface area (Å²) in [4.78, 5) is 2.49. The average Bonchev–Trinajstić information content (AvgIpc) is 2.49. The molecule has 0 aliphatic rings. The Morgan fingerprint density at radius 3 is 2.33 bits per heavy atom. The van der Waals surface area contributed by atoms with E-state index in [-0.39, 0.29) is 6.04 Å². The van der Waals surface area contributed by atoms with E-state index in [9.17, 15) is 0 Å². The first-order valence-electron chi connectivity index (χ1n) is 7.48. The molecule has 0 aliphatic heterocycles. The van der Waals surface area contributed by atoms with E-state index >= 15 is 0 Å². The van der Waals surface area contributed by atoms with Crippen molar-refractivity contribution < 1.29 is 4.74 Å². The molecule has 0 bridgehead atoms. The molecule has 1 rings (SSSR count). The Hall–Kier alpha value is 0.0600. The molecule has 0 fully saturated rings. The molecular formula is C16H26Br2N2O. The Morgan fingerprint density at radius 1 is 1.19 bits per heavy atom. The van der Waals surface area contributed by atoms with Crippen LogP contribution in [0.1, 0.15) is 38.3 Å². The van der Waals surface area contributed by atoms with Crippen LogP contribution in [0.15, 0.2) is 27.1 Å². The lowest BCUT2D eigenvalue weighted by molar-refractivity contribution is 0.0817. The quantitative estimate of drug-likeness (QED) is 0.644. The van der Waals surface area contributed by atoms with E-state index in [4.69, 9.17) is 10.5 Å². The fraction of sp³-hybridized carbons (Fsp3) is 0.625. The third kappa shape index (κ3) is 5.32. The van der Waals surface area contributed by atoms with Gasteiger partial charge in [-0.15, -0.1) is 0 Å². The number of rotatable bonds is 9. The molecule has 0 aromatic heterocycles. The van der Waals surface area contributed by atoms with Gasteiger partial charge in [0.15, 0.2) is 0 Å². The van der Waals surface area contributed by atoms with Crippen molar-refractivity contribution in [1.82, 2.24) is 4.90 Å². The van der Waals surface area contributed by atoms with Crippen LogP contribution in [0.25, 0.3) is 0 Å². The number of methoxy groups -OCH3 is 1. The molecule has 1 atom stereocenters. The Kier molecular flexibility index (Phi) is 9.06. The van der Waals surface area contributed by atoms with Gasteiger partial charge in [-0.05, 0) is 62.4 Å². The normalized spacial score (nSPS) is 13.1. The number of hydrogen-bond donors (Lipinski definition) is 1. The fourth-order valence-corrected chi connectivity index (χ4v) is 3.37. The lowest BCUT2D eigenvalue weighted by atomic mass is 10.0. The minimum atomic E-state index is 0.217. The Balaban J connectivity index is 3.06. The van der Waals surface area contributed by atoms with Gasteiger partial charge in [0.05, 0.1) is 6.61 Å². The van der Waals surface area contributed by atoms with Crippen LogP contribution >= 0.6 is 31.9 Å². The van der Waals surface area contributed by atoms with Gasteiger partial charge in [-0.1, -0.05) is 19.9 Å². The first kappa shape index (κ1) is 19.1. The molecule has 0 radical (unpaired) electrons. The number of nitrogens with zero attached hydrogens (tertiary/aromatic N) is 1. The van der Waals surface area contributed by atoms with Crippen molar-refractivity contribution in [1.29, 1.82) is 0 Å². The van der Waals surface area contributed by atoms with Crippen LogP contribution in [0, 0.1) is 0 Å². The SMILES string of the molecule is CCC(CC)N(CCOC)C(CN)c1ccc(Br)c(Br)c1. The van der Waals surface area contributed by atoms with E-state index in [1.54, 1.807) is 7.11 Å². The van der Waals surface area contributed by atoms with Crippen molar-refractivity contribution in [3.63, 3.8) is 0 Å². The van der Waals surface area contributed by atoms with Crippen LogP contribution in [-0.4, -0.2) is 37.7 Å². The topological polar surface area (TPSA) is 38.5 Å². The smallest absolute Gasteiger partial charge is 0.0590 e. The molecule has 0 heterocycles. The summed E-state index contributed by atoms with van der Waals surface area (Å²) in [6, 6.07) is 7.12. The van der Waals surface area contributed by atoms with Crippen molar-refractivity contribution in [2.45, 2.75) is 38.8 Å². The molecule has 0 amide bonds. The van der Waals surface area contributed by atoms with E-state index in [0.717, 1.165) is 34.9 Å². The largest absolute Gasteiger partial charge is 0.383 e. The maximum absolute atomic E-state index is 6.10. The van der Waals surface area contributed by atoms with Crippen molar-refractivity contribution in [3.8, 4) is 0 Å². The third-order valence-corrected chi connectivity index (χ3v) is 5.80. The maximum atomic E-state index is 6.10. The summed E-state index contributed by atoms with van der Waals surface area (Å²) in [6.45, 7) is 6.70. The number of halogens is 2. The second-order valence-electron chi connectivity index (χ2n) is 5.13. The lowest BCUT2D eigenvalue weighted by Crippen LogP contribution is -2.42. The zero-order valence-electron chi connectivity index (χ0n) is 13.1. The molecule has 0 saturated heterocycles. The number of ether oxygens (including phenoxy) is 1. The fourth-order valence-electron chi connectivity index (χ4n) is 2.73. The van der Waals surface area contributed by atoms with Crippen LogP contribution in [0.5, 0.6) is 0 Å². The highest BCUT2D eigenvalue weighted by Crippen LogP contribution is 2.30. The molecule has 0 spiro atoms. The van der Waals surface area contributed by atoms with Gasteiger partial charge in [0.2, 0.25) is 0 Å². The number of nitrogens with two attached hydrogens (primary N) is 1. The van der Waals surface area contributed by atoms with Gasteiger partial charge in [0, 0.05) is 41.2 Å². The predicted octanol–water partition coefficient (Wildman–Crippen LogP) is 4.35. The molecule has 0 aliphatic carbocycles. The molecular weight excluding hydrogens is 396 g/mol. The number of hydrogen-bond acceptors (Lipinski definition) is 3.